The van der Waals surface area contributed by atoms with Crippen molar-refractivity contribution in [3.05, 3.63) is 29.8 Å². The highest BCUT2D eigenvalue weighted by Crippen LogP contribution is 2.27. The number of benzene rings is 1. The molecule has 0 amide bonds. The van der Waals surface area contributed by atoms with Crippen LogP contribution in [0.3, 0.4) is 0 Å². The fraction of sp³-hybridized carbons (Fsp3) is 0.400. The van der Waals surface area contributed by atoms with Crippen LogP contribution >= 0.6 is 10.7 Å². The molecular weight excluding hydrogens is 236 g/mol. The van der Waals surface area contributed by atoms with Crippen LogP contribution in [0.4, 0.5) is 0 Å². The normalized spacial score (nSPS) is 16.3. The molecule has 2 rings (SSSR count). The molecule has 1 aliphatic rings. The van der Waals surface area contributed by atoms with Gasteiger partial charge >= 0.3 is 0 Å². The predicted molar refractivity (Wildman–Crippen MR) is 58.6 cm³/mol. The smallest absolute Gasteiger partial charge is 0.236 e. The molecule has 0 radical (unpaired) electrons. The maximum absolute atomic E-state index is 10.9. The van der Waals surface area contributed by atoms with Crippen molar-refractivity contribution in [3.8, 4) is 5.75 Å². The lowest BCUT2D eigenvalue weighted by atomic mass is 10.2. The molecule has 5 heteroatoms. The van der Waals surface area contributed by atoms with Crippen LogP contribution in [0.1, 0.15) is 18.4 Å². The minimum Gasteiger partial charge on any atom is -0.490 e. The Labute approximate surface area is 93.4 Å². The first-order chi connectivity index (χ1) is 7.03. The maximum atomic E-state index is 10.9. The second-order valence-electron chi connectivity index (χ2n) is 3.65. The Morgan fingerprint density at radius 2 is 2.13 bits per heavy atom. The molecule has 0 bridgehead atoms. The molecule has 1 fully saturated rings. The summed E-state index contributed by atoms with van der Waals surface area (Å²) in [6.07, 6.45) is 2.48. The average Bonchev–Trinajstić information content (AvgIpc) is 2.85. The molecule has 0 atom stereocenters. The maximum Gasteiger partial charge on any atom is 0.236 e. The van der Waals surface area contributed by atoms with Gasteiger partial charge in [0.05, 0.1) is 11.9 Å². The van der Waals surface area contributed by atoms with Crippen LogP contribution in [0.5, 0.6) is 5.75 Å². The monoisotopic (exact) mass is 246 g/mol. The molecule has 0 heterocycles. The molecule has 0 aromatic heterocycles. The Kier molecular flexibility index (Phi) is 2.89. The minimum atomic E-state index is -3.49. The number of hydrogen-bond acceptors (Lipinski definition) is 3. The number of ether oxygens (including phenoxy) is 1. The Balaban J connectivity index is 2.10. The van der Waals surface area contributed by atoms with Crippen molar-refractivity contribution in [3.63, 3.8) is 0 Å². The molecule has 1 aromatic carbocycles. The largest absolute Gasteiger partial charge is 0.490 e. The van der Waals surface area contributed by atoms with Gasteiger partial charge in [-0.15, -0.1) is 0 Å². The molecule has 0 aliphatic heterocycles. The van der Waals surface area contributed by atoms with E-state index in [0.29, 0.717) is 11.7 Å². The van der Waals surface area contributed by atoms with E-state index in [9.17, 15) is 8.42 Å². The van der Waals surface area contributed by atoms with E-state index in [0.717, 1.165) is 18.6 Å². The Morgan fingerprint density at radius 3 is 2.73 bits per heavy atom. The lowest BCUT2D eigenvalue weighted by Gasteiger charge is -2.05. The number of halogens is 1. The second kappa shape index (κ2) is 4.02. The summed E-state index contributed by atoms with van der Waals surface area (Å²) in [6.45, 7) is 0. The number of rotatable bonds is 4. The zero-order chi connectivity index (χ0) is 10.9. The van der Waals surface area contributed by atoms with Gasteiger partial charge in [-0.05, 0) is 30.5 Å². The molecule has 0 spiro atoms. The summed E-state index contributed by atoms with van der Waals surface area (Å²) in [5, 5.41) is 0. The standard InChI is InChI=1S/C10H11ClO3S/c11-15(12,13)7-8-2-1-3-10(6-8)14-9-4-5-9/h1-3,6,9H,4-5,7H2. The number of hydrogen-bond donors (Lipinski definition) is 0. The van der Waals surface area contributed by atoms with E-state index in [2.05, 4.69) is 0 Å². The highest BCUT2D eigenvalue weighted by atomic mass is 35.7. The van der Waals surface area contributed by atoms with Crippen LogP contribution in [0, 0.1) is 0 Å². The van der Waals surface area contributed by atoms with Gasteiger partial charge in [0.15, 0.2) is 0 Å². The van der Waals surface area contributed by atoms with E-state index in [1.807, 2.05) is 6.07 Å². The molecular formula is C10H11ClO3S. The van der Waals surface area contributed by atoms with Crippen molar-refractivity contribution in [2.75, 3.05) is 0 Å². The van der Waals surface area contributed by atoms with E-state index in [4.69, 9.17) is 15.4 Å². The van der Waals surface area contributed by atoms with Crippen LogP contribution in [0.2, 0.25) is 0 Å². The van der Waals surface area contributed by atoms with E-state index in [1.54, 1.807) is 18.2 Å². The highest BCUT2D eigenvalue weighted by molar-refractivity contribution is 8.13. The first-order valence-corrected chi connectivity index (χ1v) is 7.19. The zero-order valence-electron chi connectivity index (χ0n) is 8.02. The lowest BCUT2D eigenvalue weighted by Crippen LogP contribution is -1.98. The third-order valence-electron chi connectivity index (χ3n) is 2.06. The molecule has 1 saturated carbocycles. The van der Waals surface area contributed by atoms with Gasteiger partial charge in [0.2, 0.25) is 9.05 Å². The summed E-state index contributed by atoms with van der Waals surface area (Å²) in [5.41, 5.74) is 0.656. The van der Waals surface area contributed by atoms with Gasteiger partial charge in [0.25, 0.3) is 0 Å². The first kappa shape index (κ1) is 10.8. The van der Waals surface area contributed by atoms with E-state index < -0.39 is 9.05 Å². The van der Waals surface area contributed by atoms with Gasteiger partial charge in [-0.2, -0.15) is 0 Å². The highest BCUT2D eigenvalue weighted by Gasteiger charge is 2.23. The van der Waals surface area contributed by atoms with Gasteiger partial charge in [-0.3, -0.25) is 0 Å². The van der Waals surface area contributed by atoms with Crippen molar-refractivity contribution in [2.24, 2.45) is 0 Å². The van der Waals surface area contributed by atoms with Crippen LogP contribution in [0.25, 0.3) is 0 Å². The molecule has 0 saturated heterocycles. The molecule has 0 N–H and O–H groups in total. The summed E-state index contributed by atoms with van der Waals surface area (Å²) in [7, 11) is 1.68. The molecule has 3 nitrogen and oxygen atoms in total. The van der Waals surface area contributed by atoms with Crippen molar-refractivity contribution in [2.45, 2.75) is 24.7 Å². The van der Waals surface area contributed by atoms with Crippen LogP contribution in [0.15, 0.2) is 24.3 Å². The van der Waals surface area contributed by atoms with E-state index in [-0.39, 0.29) is 5.75 Å². The second-order valence-corrected chi connectivity index (χ2v) is 6.42. The fourth-order valence-corrected chi connectivity index (χ4v) is 2.24. The van der Waals surface area contributed by atoms with Gasteiger partial charge in [-0.1, -0.05) is 12.1 Å². The van der Waals surface area contributed by atoms with Gasteiger partial charge in [0.1, 0.15) is 5.75 Å². The predicted octanol–water partition coefficient (Wildman–Crippen LogP) is 2.30. The first-order valence-electron chi connectivity index (χ1n) is 4.71. The summed E-state index contributed by atoms with van der Waals surface area (Å²) < 4.78 is 27.3. The SMILES string of the molecule is O=S(=O)(Cl)Cc1cccc(OC2CC2)c1. The summed E-state index contributed by atoms with van der Waals surface area (Å²) >= 11 is 0. The quantitative estimate of drug-likeness (QED) is 0.766. The van der Waals surface area contributed by atoms with Gasteiger partial charge in [0, 0.05) is 10.7 Å². The van der Waals surface area contributed by atoms with E-state index in [1.165, 1.54) is 0 Å². The van der Waals surface area contributed by atoms with Crippen LogP contribution in [-0.2, 0) is 14.8 Å². The van der Waals surface area contributed by atoms with Crippen LogP contribution in [-0.4, -0.2) is 14.5 Å². The Bertz CT molecular complexity index is 451. The van der Waals surface area contributed by atoms with Crippen molar-refractivity contribution < 1.29 is 13.2 Å². The van der Waals surface area contributed by atoms with Gasteiger partial charge in [-0.25, -0.2) is 8.42 Å². The van der Waals surface area contributed by atoms with Crippen LogP contribution < -0.4 is 4.74 Å². The molecule has 82 valence electrons. The summed E-state index contributed by atoms with van der Waals surface area (Å²) in [5.74, 6) is 0.562. The molecule has 1 aromatic rings. The average molecular weight is 247 g/mol. The third kappa shape index (κ3) is 3.72. The molecule has 15 heavy (non-hydrogen) atoms. The Hall–Kier alpha value is -0.740. The third-order valence-corrected chi connectivity index (χ3v) is 3.07. The minimum absolute atomic E-state index is 0.156. The van der Waals surface area contributed by atoms with E-state index >= 15 is 0 Å². The summed E-state index contributed by atoms with van der Waals surface area (Å²) in [6, 6.07) is 7.04. The fourth-order valence-electron chi connectivity index (χ4n) is 1.29. The van der Waals surface area contributed by atoms with Crippen molar-refractivity contribution in [1.29, 1.82) is 0 Å². The molecule has 1 aliphatic carbocycles. The molecule has 0 unspecified atom stereocenters. The Morgan fingerprint density at radius 1 is 1.40 bits per heavy atom. The van der Waals surface area contributed by atoms with Crippen molar-refractivity contribution in [1.82, 2.24) is 0 Å². The lowest BCUT2D eigenvalue weighted by molar-refractivity contribution is 0.303. The topological polar surface area (TPSA) is 43.4 Å². The summed E-state index contributed by atoms with van der Waals surface area (Å²) in [4.78, 5) is 0. The van der Waals surface area contributed by atoms with Crippen molar-refractivity contribution >= 4 is 19.7 Å². The zero-order valence-corrected chi connectivity index (χ0v) is 9.59. The van der Waals surface area contributed by atoms with Gasteiger partial charge < -0.3 is 4.74 Å².